The van der Waals surface area contributed by atoms with Gasteiger partial charge in [-0.05, 0) is 42.8 Å². The Morgan fingerprint density at radius 3 is 2.26 bits per heavy atom. The van der Waals surface area contributed by atoms with Crippen LogP contribution < -0.4 is 4.74 Å². The third-order valence-corrected chi connectivity index (χ3v) is 5.22. The predicted molar refractivity (Wildman–Crippen MR) is 116 cm³/mol. The predicted octanol–water partition coefficient (Wildman–Crippen LogP) is 4.34. The Morgan fingerprint density at radius 2 is 1.58 bits per heavy atom. The van der Waals surface area contributed by atoms with E-state index in [1.54, 1.807) is 55.5 Å². The minimum Gasteiger partial charge on any atom is -0.489 e. The number of carboxylic acids is 1. The van der Waals surface area contributed by atoms with Crippen LogP contribution >= 0.6 is 0 Å². The van der Waals surface area contributed by atoms with Crippen LogP contribution in [0.15, 0.2) is 78.9 Å². The van der Waals surface area contributed by atoms with E-state index in [2.05, 4.69) is 0 Å². The van der Waals surface area contributed by atoms with Gasteiger partial charge in [0, 0.05) is 22.2 Å². The monoisotopic (exact) mass is 415 g/mol. The van der Waals surface area contributed by atoms with Gasteiger partial charge in [0.1, 0.15) is 12.4 Å². The number of hydrogen-bond donors (Lipinski definition) is 2. The molecule has 1 unspecified atom stereocenters. The summed E-state index contributed by atoms with van der Waals surface area (Å²) in [5.41, 5.74) is 2.63. The molecule has 4 aromatic rings. The Hall–Kier alpha value is -3.90. The van der Waals surface area contributed by atoms with Crippen LogP contribution in [-0.4, -0.2) is 26.7 Å². The molecule has 31 heavy (non-hydrogen) atoms. The Kier molecular flexibility index (Phi) is 5.56. The number of carboxylic acid groups (broad SMARTS) is 1. The van der Waals surface area contributed by atoms with Gasteiger partial charge in [-0.3, -0.25) is 9.36 Å². The summed E-state index contributed by atoms with van der Waals surface area (Å²) >= 11 is 0. The standard InChI is InChI=1S/C25H21NO5/c1-16-22(23(27)25(29)30)20-9-5-6-10-21(20)26(16)24(28)18-11-13-19(14-12-18)31-15-17-7-3-2-4-8-17/h2-14,23,27H,15H2,1H3,(H,29,30). The second-order valence-electron chi connectivity index (χ2n) is 7.20. The van der Waals surface area contributed by atoms with Gasteiger partial charge in [-0.25, -0.2) is 4.79 Å². The number of aromatic nitrogens is 1. The van der Waals surface area contributed by atoms with Crippen molar-refractivity contribution in [2.24, 2.45) is 0 Å². The maximum absolute atomic E-state index is 13.3. The first kappa shape index (κ1) is 20.4. The minimum atomic E-state index is -1.72. The Bertz CT molecular complexity index is 1240. The van der Waals surface area contributed by atoms with Crippen LogP contribution in [0.4, 0.5) is 0 Å². The number of carbonyl (C=O) groups is 2. The van der Waals surface area contributed by atoms with E-state index in [0.29, 0.717) is 34.5 Å². The van der Waals surface area contributed by atoms with Gasteiger partial charge in [-0.15, -0.1) is 0 Å². The fourth-order valence-electron chi connectivity index (χ4n) is 3.69. The zero-order valence-electron chi connectivity index (χ0n) is 16.9. The molecule has 6 nitrogen and oxygen atoms in total. The Morgan fingerprint density at radius 1 is 0.935 bits per heavy atom. The molecular weight excluding hydrogens is 394 g/mol. The maximum atomic E-state index is 13.3. The number of hydrogen-bond acceptors (Lipinski definition) is 4. The summed E-state index contributed by atoms with van der Waals surface area (Å²) in [5, 5.41) is 20.0. The number of benzene rings is 3. The van der Waals surface area contributed by atoms with Gasteiger partial charge < -0.3 is 14.9 Å². The highest BCUT2D eigenvalue weighted by Crippen LogP contribution is 2.31. The first-order valence-corrected chi connectivity index (χ1v) is 9.79. The van der Waals surface area contributed by atoms with E-state index >= 15 is 0 Å². The molecule has 1 aromatic heterocycles. The first-order chi connectivity index (χ1) is 15.0. The van der Waals surface area contributed by atoms with E-state index in [1.165, 1.54) is 4.57 Å². The molecule has 0 bridgehead atoms. The van der Waals surface area contributed by atoms with Crippen molar-refractivity contribution in [3.63, 3.8) is 0 Å². The van der Waals surface area contributed by atoms with Gasteiger partial charge in [0.25, 0.3) is 5.91 Å². The number of fused-ring (bicyclic) bond motifs is 1. The van der Waals surface area contributed by atoms with E-state index in [-0.39, 0.29) is 11.5 Å². The molecule has 0 spiro atoms. The highest BCUT2D eigenvalue weighted by Gasteiger charge is 2.27. The normalized spacial score (nSPS) is 11.9. The van der Waals surface area contributed by atoms with Crippen molar-refractivity contribution in [2.45, 2.75) is 19.6 Å². The molecule has 0 aliphatic rings. The number of ether oxygens (including phenoxy) is 1. The highest BCUT2D eigenvalue weighted by atomic mass is 16.5. The summed E-state index contributed by atoms with van der Waals surface area (Å²) in [6.45, 7) is 2.06. The summed E-state index contributed by atoms with van der Waals surface area (Å²) < 4.78 is 7.21. The van der Waals surface area contributed by atoms with Crippen LogP contribution in [0.5, 0.6) is 5.75 Å². The minimum absolute atomic E-state index is 0.222. The zero-order valence-corrected chi connectivity index (χ0v) is 16.9. The summed E-state index contributed by atoms with van der Waals surface area (Å²) in [5.74, 6) is -1.04. The average Bonchev–Trinajstić information content (AvgIpc) is 3.09. The molecule has 1 heterocycles. The number of para-hydroxylation sites is 1. The van der Waals surface area contributed by atoms with Crippen LogP contribution in [0, 0.1) is 6.92 Å². The van der Waals surface area contributed by atoms with Crippen molar-refractivity contribution in [3.8, 4) is 5.75 Å². The van der Waals surface area contributed by atoms with Crippen molar-refractivity contribution in [1.29, 1.82) is 0 Å². The lowest BCUT2D eigenvalue weighted by Crippen LogP contribution is -2.16. The number of aliphatic carboxylic acids is 1. The molecule has 2 N–H and O–H groups in total. The van der Waals surface area contributed by atoms with Gasteiger partial charge in [-0.1, -0.05) is 48.5 Å². The maximum Gasteiger partial charge on any atom is 0.337 e. The lowest BCUT2D eigenvalue weighted by molar-refractivity contribution is -0.146. The number of aliphatic hydroxyl groups excluding tert-OH is 1. The molecule has 3 aromatic carbocycles. The lowest BCUT2D eigenvalue weighted by atomic mass is 10.1. The van der Waals surface area contributed by atoms with Gasteiger partial charge in [0.2, 0.25) is 0 Å². The molecular formula is C25H21NO5. The first-order valence-electron chi connectivity index (χ1n) is 9.79. The Labute approximate surface area is 178 Å². The molecule has 0 saturated carbocycles. The van der Waals surface area contributed by atoms with E-state index in [4.69, 9.17) is 4.74 Å². The lowest BCUT2D eigenvalue weighted by Gasteiger charge is -2.10. The number of aliphatic hydroxyl groups is 1. The van der Waals surface area contributed by atoms with Gasteiger partial charge >= 0.3 is 5.97 Å². The Balaban J connectivity index is 1.64. The topological polar surface area (TPSA) is 88.8 Å². The average molecular weight is 415 g/mol. The molecule has 1 atom stereocenters. The number of nitrogens with zero attached hydrogens (tertiary/aromatic N) is 1. The second kappa shape index (κ2) is 8.45. The van der Waals surface area contributed by atoms with E-state index in [0.717, 1.165) is 5.56 Å². The van der Waals surface area contributed by atoms with Crippen molar-refractivity contribution >= 4 is 22.8 Å². The molecule has 156 valence electrons. The fourth-order valence-corrected chi connectivity index (χ4v) is 3.69. The second-order valence-corrected chi connectivity index (χ2v) is 7.20. The fraction of sp³-hybridized carbons (Fsp3) is 0.120. The summed E-state index contributed by atoms with van der Waals surface area (Å²) in [6, 6.07) is 23.5. The summed E-state index contributed by atoms with van der Waals surface area (Å²) in [7, 11) is 0. The van der Waals surface area contributed by atoms with Crippen LogP contribution in [0.25, 0.3) is 10.9 Å². The highest BCUT2D eigenvalue weighted by molar-refractivity contribution is 6.05. The van der Waals surface area contributed by atoms with Crippen LogP contribution in [0.2, 0.25) is 0 Å². The summed E-state index contributed by atoms with van der Waals surface area (Å²) in [6.07, 6.45) is -1.72. The van der Waals surface area contributed by atoms with Gasteiger partial charge in [0.05, 0.1) is 5.52 Å². The van der Waals surface area contributed by atoms with Gasteiger partial charge in [0.15, 0.2) is 6.10 Å². The van der Waals surface area contributed by atoms with Crippen LogP contribution in [0.1, 0.15) is 33.3 Å². The molecule has 0 saturated heterocycles. The molecule has 0 amide bonds. The van der Waals surface area contributed by atoms with Crippen molar-refractivity contribution < 1.29 is 24.5 Å². The van der Waals surface area contributed by atoms with Gasteiger partial charge in [-0.2, -0.15) is 0 Å². The molecule has 0 aliphatic carbocycles. The third kappa shape index (κ3) is 3.93. The number of rotatable bonds is 6. The van der Waals surface area contributed by atoms with E-state index in [1.807, 2.05) is 30.3 Å². The molecule has 0 aliphatic heterocycles. The third-order valence-electron chi connectivity index (χ3n) is 5.22. The molecule has 6 heteroatoms. The van der Waals surface area contributed by atoms with Crippen LogP contribution in [-0.2, 0) is 11.4 Å². The zero-order chi connectivity index (χ0) is 22.0. The van der Waals surface area contributed by atoms with Crippen molar-refractivity contribution in [1.82, 2.24) is 4.57 Å². The number of carbonyl (C=O) groups excluding carboxylic acids is 1. The molecule has 0 radical (unpaired) electrons. The largest absolute Gasteiger partial charge is 0.489 e. The quantitative estimate of drug-likeness (QED) is 0.489. The molecule has 4 rings (SSSR count). The van der Waals surface area contributed by atoms with E-state index < -0.39 is 12.1 Å². The van der Waals surface area contributed by atoms with E-state index in [9.17, 15) is 19.8 Å². The molecule has 0 fully saturated rings. The van der Waals surface area contributed by atoms with Crippen LogP contribution in [0.3, 0.4) is 0 Å². The summed E-state index contributed by atoms with van der Waals surface area (Å²) in [4.78, 5) is 24.7. The van der Waals surface area contributed by atoms with Crippen molar-refractivity contribution in [2.75, 3.05) is 0 Å². The van der Waals surface area contributed by atoms with Crippen molar-refractivity contribution in [3.05, 3.63) is 101 Å². The SMILES string of the molecule is Cc1c(C(O)C(=O)O)c2ccccc2n1C(=O)c1ccc(OCc2ccccc2)cc1. The smallest absolute Gasteiger partial charge is 0.337 e.